The maximum atomic E-state index is 12.8. The lowest BCUT2D eigenvalue weighted by atomic mass is 10.2. The fourth-order valence-corrected chi connectivity index (χ4v) is 2.38. The van der Waals surface area contributed by atoms with Crippen molar-refractivity contribution in [3.8, 4) is 0 Å². The highest BCUT2D eigenvalue weighted by molar-refractivity contribution is 5.91. The summed E-state index contributed by atoms with van der Waals surface area (Å²) in [6, 6.07) is 1.03. The fourth-order valence-electron chi connectivity index (χ4n) is 2.38. The summed E-state index contributed by atoms with van der Waals surface area (Å²) in [6.45, 7) is 3.02. The van der Waals surface area contributed by atoms with Gasteiger partial charge in [-0.2, -0.15) is 18.3 Å². The monoisotopic (exact) mass is 328 g/mol. The number of anilines is 1. The number of amides is 1. The van der Waals surface area contributed by atoms with E-state index in [1.54, 1.807) is 13.8 Å². The highest BCUT2D eigenvalue weighted by atomic mass is 19.4. The SMILES string of the molecule is Cc1noc(C)c1NC(=O)Cn1nc(C(F)(F)F)cc1C1CC1. The molecular formula is C14H15F3N4O2. The van der Waals surface area contributed by atoms with Gasteiger partial charge in [0.25, 0.3) is 0 Å². The maximum absolute atomic E-state index is 12.8. The molecule has 124 valence electrons. The van der Waals surface area contributed by atoms with Gasteiger partial charge in [-0.05, 0) is 32.8 Å². The maximum Gasteiger partial charge on any atom is 0.435 e. The molecule has 2 aromatic rings. The molecule has 1 N–H and O–H groups in total. The van der Waals surface area contributed by atoms with Crippen molar-refractivity contribution < 1.29 is 22.5 Å². The highest BCUT2D eigenvalue weighted by Crippen LogP contribution is 2.42. The highest BCUT2D eigenvalue weighted by Gasteiger charge is 2.38. The molecule has 0 bridgehead atoms. The summed E-state index contributed by atoms with van der Waals surface area (Å²) < 4.78 is 44.5. The van der Waals surface area contributed by atoms with Crippen molar-refractivity contribution in [3.63, 3.8) is 0 Å². The molecule has 1 saturated carbocycles. The van der Waals surface area contributed by atoms with Gasteiger partial charge in [-0.3, -0.25) is 9.48 Å². The van der Waals surface area contributed by atoms with Crippen LogP contribution in [-0.4, -0.2) is 20.8 Å². The van der Waals surface area contributed by atoms with Crippen LogP contribution in [0.3, 0.4) is 0 Å². The predicted octanol–water partition coefficient (Wildman–Crippen LogP) is 3.02. The van der Waals surface area contributed by atoms with E-state index in [-0.39, 0.29) is 12.5 Å². The summed E-state index contributed by atoms with van der Waals surface area (Å²) in [6.07, 6.45) is -2.89. The molecule has 0 unspecified atom stereocenters. The number of alkyl halides is 3. The van der Waals surface area contributed by atoms with Crippen LogP contribution in [0, 0.1) is 13.8 Å². The number of nitrogens with one attached hydrogen (secondary N) is 1. The summed E-state index contributed by atoms with van der Waals surface area (Å²) in [5, 5.41) is 9.86. The zero-order chi connectivity index (χ0) is 16.8. The molecule has 0 saturated heterocycles. The summed E-state index contributed by atoms with van der Waals surface area (Å²) in [4.78, 5) is 12.1. The van der Waals surface area contributed by atoms with E-state index in [4.69, 9.17) is 4.52 Å². The number of halogens is 3. The second-order valence-electron chi connectivity index (χ2n) is 5.63. The van der Waals surface area contributed by atoms with Gasteiger partial charge >= 0.3 is 6.18 Å². The summed E-state index contributed by atoms with van der Waals surface area (Å²) in [5.41, 5.74) is 0.427. The van der Waals surface area contributed by atoms with Gasteiger partial charge in [0.2, 0.25) is 5.91 Å². The number of hydrogen-bond acceptors (Lipinski definition) is 4. The van der Waals surface area contributed by atoms with Gasteiger partial charge in [0.05, 0.1) is 0 Å². The largest absolute Gasteiger partial charge is 0.435 e. The number of hydrogen-bond donors (Lipinski definition) is 1. The van der Waals surface area contributed by atoms with Crippen molar-refractivity contribution in [3.05, 3.63) is 28.9 Å². The van der Waals surface area contributed by atoms with Crippen LogP contribution in [0.1, 0.15) is 41.6 Å². The lowest BCUT2D eigenvalue weighted by Gasteiger charge is -2.07. The van der Waals surface area contributed by atoms with Crippen LogP contribution in [0.2, 0.25) is 0 Å². The van der Waals surface area contributed by atoms with Crippen LogP contribution >= 0.6 is 0 Å². The summed E-state index contributed by atoms with van der Waals surface area (Å²) in [5.74, 6) is 0.0123. The molecule has 1 fully saturated rings. The molecule has 6 nitrogen and oxygen atoms in total. The topological polar surface area (TPSA) is 73.0 Å². The van der Waals surface area contributed by atoms with Crippen LogP contribution in [-0.2, 0) is 17.5 Å². The molecule has 1 amide bonds. The lowest BCUT2D eigenvalue weighted by molar-refractivity contribution is -0.141. The molecule has 3 rings (SSSR count). The van der Waals surface area contributed by atoms with Crippen molar-refractivity contribution in [2.75, 3.05) is 5.32 Å². The number of aryl methyl sites for hydroxylation is 2. The Morgan fingerprint density at radius 1 is 1.43 bits per heavy atom. The number of aromatic nitrogens is 3. The molecule has 0 atom stereocenters. The Balaban J connectivity index is 1.79. The Morgan fingerprint density at radius 2 is 2.13 bits per heavy atom. The zero-order valence-corrected chi connectivity index (χ0v) is 12.6. The number of rotatable bonds is 4. The first kappa shape index (κ1) is 15.6. The van der Waals surface area contributed by atoms with Crippen molar-refractivity contribution >= 4 is 11.6 Å². The molecule has 1 aliphatic carbocycles. The van der Waals surface area contributed by atoms with Crippen LogP contribution in [0.25, 0.3) is 0 Å². The fraction of sp³-hybridized carbons (Fsp3) is 0.500. The van der Waals surface area contributed by atoms with Crippen LogP contribution in [0.4, 0.5) is 18.9 Å². The second kappa shape index (κ2) is 5.39. The zero-order valence-electron chi connectivity index (χ0n) is 12.6. The van der Waals surface area contributed by atoms with E-state index < -0.39 is 17.8 Å². The number of carbonyl (C=O) groups is 1. The van der Waals surface area contributed by atoms with E-state index in [1.165, 1.54) is 0 Å². The molecule has 9 heteroatoms. The van der Waals surface area contributed by atoms with Gasteiger partial charge in [0, 0.05) is 11.6 Å². The first-order chi connectivity index (χ1) is 10.8. The minimum Gasteiger partial charge on any atom is -0.359 e. The van der Waals surface area contributed by atoms with Gasteiger partial charge < -0.3 is 9.84 Å². The lowest BCUT2D eigenvalue weighted by Crippen LogP contribution is -2.21. The van der Waals surface area contributed by atoms with E-state index in [9.17, 15) is 18.0 Å². The van der Waals surface area contributed by atoms with E-state index in [0.717, 1.165) is 23.6 Å². The quantitative estimate of drug-likeness (QED) is 0.936. The van der Waals surface area contributed by atoms with Crippen LogP contribution in [0.15, 0.2) is 10.6 Å². The number of carbonyl (C=O) groups excluding carboxylic acids is 1. The molecule has 0 radical (unpaired) electrons. The molecule has 2 aromatic heterocycles. The Hall–Kier alpha value is -2.32. The average molecular weight is 328 g/mol. The molecular weight excluding hydrogens is 313 g/mol. The smallest absolute Gasteiger partial charge is 0.359 e. The molecule has 2 heterocycles. The molecule has 0 aliphatic heterocycles. The predicted molar refractivity (Wildman–Crippen MR) is 73.8 cm³/mol. The third-order valence-electron chi connectivity index (χ3n) is 3.69. The molecule has 1 aliphatic rings. The van der Waals surface area contributed by atoms with Gasteiger partial charge in [0.15, 0.2) is 11.5 Å². The normalized spacial score (nSPS) is 15.0. The first-order valence-corrected chi connectivity index (χ1v) is 7.13. The standard InChI is InChI=1S/C14H15F3N4O2/c1-7-13(8(2)23-20-7)18-12(22)6-21-10(9-3-4-9)5-11(19-21)14(15,16)17/h5,9H,3-4,6H2,1-2H3,(H,18,22). The van der Waals surface area contributed by atoms with Crippen molar-refractivity contribution in [2.45, 2.75) is 45.3 Å². The Labute approximate surface area is 129 Å². The third kappa shape index (κ3) is 3.22. The van der Waals surface area contributed by atoms with Crippen LogP contribution in [0.5, 0.6) is 0 Å². The van der Waals surface area contributed by atoms with E-state index in [0.29, 0.717) is 22.8 Å². The Morgan fingerprint density at radius 3 is 2.65 bits per heavy atom. The van der Waals surface area contributed by atoms with Gasteiger partial charge in [-0.1, -0.05) is 5.16 Å². The minimum atomic E-state index is -4.52. The average Bonchev–Trinajstić information content (AvgIpc) is 3.14. The molecule has 0 spiro atoms. The van der Waals surface area contributed by atoms with Crippen LogP contribution < -0.4 is 5.32 Å². The van der Waals surface area contributed by atoms with E-state index in [2.05, 4.69) is 15.6 Å². The van der Waals surface area contributed by atoms with E-state index >= 15 is 0 Å². The molecule has 0 aromatic carbocycles. The summed E-state index contributed by atoms with van der Waals surface area (Å²) >= 11 is 0. The first-order valence-electron chi connectivity index (χ1n) is 7.13. The van der Waals surface area contributed by atoms with Gasteiger partial charge in [-0.25, -0.2) is 0 Å². The Kier molecular flexibility index (Phi) is 3.65. The van der Waals surface area contributed by atoms with Gasteiger partial charge in [0.1, 0.15) is 17.9 Å². The Bertz CT molecular complexity index is 724. The second-order valence-corrected chi connectivity index (χ2v) is 5.63. The van der Waals surface area contributed by atoms with Crippen molar-refractivity contribution in [2.24, 2.45) is 0 Å². The minimum absolute atomic E-state index is 0.0467. The van der Waals surface area contributed by atoms with E-state index in [1.807, 2.05) is 0 Å². The van der Waals surface area contributed by atoms with Crippen molar-refractivity contribution in [1.82, 2.24) is 14.9 Å². The number of nitrogens with zero attached hydrogens (tertiary/aromatic N) is 3. The third-order valence-corrected chi connectivity index (χ3v) is 3.69. The van der Waals surface area contributed by atoms with Crippen molar-refractivity contribution in [1.29, 1.82) is 0 Å². The molecule has 23 heavy (non-hydrogen) atoms. The summed E-state index contributed by atoms with van der Waals surface area (Å²) in [7, 11) is 0. The van der Waals surface area contributed by atoms with Gasteiger partial charge in [-0.15, -0.1) is 0 Å².